The van der Waals surface area contributed by atoms with Gasteiger partial charge >= 0.3 is 5.97 Å². The Morgan fingerprint density at radius 1 is 1.14 bits per heavy atom. The highest BCUT2D eigenvalue weighted by atomic mass is 35.5. The second-order valence-electron chi connectivity index (χ2n) is 7.24. The normalized spacial score (nSPS) is 17.1. The number of carbonyl (C=O) groups is 2. The molecule has 0 spiro atoms. The van der Waals surface area contributed by atoms with E-state index in [0.717, 1.165) is 24.2 Å². The Labute approximate surface area is 175 Å². The fourth-order valence-corrected chi connectivity index (χ4v) is 3.71. The number of nitrogens with zero attached hydrogens (tertiary/aromatic N) is 2. The molecule has 0 aliphatic carbocycles. The highest BCUT2D eigenvalue weighted by Gasteiger charge is 2.28. The zero-order valence-corrected chi connectivity index (χ0v) is 17.4. The number of benzene rings is 2. The monoisotopic (exact) mass is 416 g/mol. The van der Waals surface area contributed by atoms with E-state index in [1.807, 2.05) is 35.2 Å². The van der Waals surface area contributed by atoms with Crippen molar-refractivity contribution in [3.05, 3.63) is 64.7 Å². The topological polar surface area (TPSA) is 59.1 Å². The summed E-state index contributed by atoms with van der Waals surface area (Å²) in [7, 11) is 0. The molecule has 1 unspecified atom stereocenters. The van der Waals surface area contributed by atoms with E-state index in [1.54, 1.807) is 18.2 Å². The number of rotatable bonds is 6. The molecule has 1 aliphatic rings. The number of carbonyl (C=O) groups excluding carboxylic acids is 2. The third-order valence-electron chi connectivity index (χ3n) is 4.90. The molecule has 0 bridgehead atoms. The quantitative estimate of drug-likeness (QED) is 0.533. The number of amides is 1. The molecule has 2 aromatic rings. The second kappa shape index (κ2) is 9.76. The van der Waals surface area contributed by atoms with Gasteiger partial charge in [0.1, 0.15) is 0 Å². The Morgan fingerprint density at radius 2 is 1.90 bits per heavy atom. The van der Waals surface area contributed by atoms with Crippen molar-refractivity contribution in [1.82, 2.24) is 9.80 Å². The van der Waals surface area contributed by atoms with Gasteiger partial charge in [-0.25, -0.2) is 4.79 Å². The van der Waals surface area contributed by atoms with Crippen LogP contribution in [0.5, 0.6) is 5.75 Å². The molecule has 0 radical (unpaired) electrons. The molecule has 1 saturated heterocycles. The largest absolute Gasteiger partial charge is 0.352 e. The molecule has 0 aromatic heterocycles. The van der Waals surface area contributed by atoms with Crippen LogP contribution in [0.2, 0.25) is 5.02 Å². The first-order chi connectivity index (χ1) is 13.9. The van der Waals surface area contributed by atoms with E-state index in [-0.39, 0.29) is 11.9 Å². The van der Waals surface area contributed by atoms with Crippen molar-refractivity contribution in [3.8, 4) is 5.75 Å². The molecule has 2 aromatic carbocycles. The zero-order chi connectivity index (χ0) is 20.8. The minimum Gasteiger partial charge on any atom is -0.337 e. The lowest BCUT2D eigenvalue weighted by molar-refractivity contribution is -0.211. The van der Waals surface area contributed by atoms with Crippen molar-refractivity contribution >= 4 is 23.5 Å². The smallest absolute Gasteiger partial charge is 0.337 e. The first-order valence-electron chi connectivity index (χ1n) is 9.61. The molecule has 1 heterocycles. The highest BCUT2D eigenvalue weighted by molar-refractivity contribution is 6.30. The van der Waals surface area contributed by atoms with E-state index >= 15 is 0 Å². The molecule has 154 valence electrons. The highest BCUT2D eigenvalue weighted by Crippen LogP contribution is 2.26. The standard InChI is InChI=1S/C22H25ClN2O4/c1-16-14-24(10-11-25(16)22(27)12-18-6-4-3-5-7-18)15-19-13-20(23)8-9-21(19)29-28-17(2)26/h3-9,13,16H,10-12,14-15H2,1-2H3. The first-order valence-corrected chi connectivity index (χ1v) is 9.99. The molecule has 1 aliphatic heterocycles. The van der Waals surface area contributed by atoms with Crippen molar-refractivity contribution in [3.63, 3.8) is 0 Å². The first kappa shape index (κ1) is 21.1. The van der Waals surface area contributed by atoms with Crippen molar-refractivity contribution in [2.24, 2.45) is 0 Å². The van der Waals surface area contributed by atoms with Crippen LogP contribution in [0, 0.1) is 0 Å². The van der Waals surface area contributed by atoms with E-state index in [2.05, 4.69) is 16.7 Å². The molecule has 1 amide bonds. The van der Waals surface area contributed by atoms with Crippen LogP contribution in [-0.2, 0) is 27.4 Å². The van der Waals surface area contributed by atoms with Gasteiger partial charge in [-0.05, 0) is 30.7 Å². The molecular weight excluding hydrogens is 392 g/mol. The molecule has 0 N–H and O–H groups in total. The van der Waals surface area contributed by atoms with E-state index in [1.165, 1.54) is 6.92 Å². The Kier molecular flexibility index (Phi) is 7.12. The lowest BCUT2D eigenvalue weighted by Crippen LogP contribution is -2.54. The predicted octanol–water partition coefficient (Wildman–Crippen LogP) is 3.47. The van der Waals surface area contributed by atoms with Crippen molar-refractivity contribution in [1.29, 1.82) is 0 Å². The summed E-state index contributed by atoms with van der Waals surface area (Å²) in [6.07, 6.45) is 0.417. The van der Waals surface area contributed by atoms with Gasteiger partial charge in [-0.1, -0.05) is 41.9 Å². The van der Waals surface area contributed by atoms with E-state index in [0.29, 0.717) is 30.3 Å². The van der Waals surface area contributed by atoms with Crippen molar-refractivity contribution in [2.75, 3.05) is 19.6 Å². The molecule has 1 atom stereocenters. The van der Waals surface area contributed by atoms with E-state index in [4.69, 9.17) is 16.5 Å². The van der Waals surface area contributed by atoms with Gasteiger partial charge in [0, 0.05) is 49.7 Å². The Morgan fingerprint density at radius 3 is 2.59 bits per heavy atom. The average Bonchev–Trinajstić information content (AvgIpc) is 2.68. The third kappa shape index (κ3) is 5.95. The van der Waals surface area contributed by atoms with Gasteiger partial charge in [0.2, 0.25) is 5.91 Å². The minimum absolute atomic E-state index is 0.0944. The molecule has 1 fully saturated rings. The summed E-state index contributed by atoms with van der Waals surface area (Å²) in [5, 5.41) is 0.583. The van der Waals surface area contributed by atoms with Gasteiger partial charge in [0.15, 0.2) is 5.75 Å². The maximum atomic E-state index is 12.7. The second-order valence-corrected chi connectivity index (χ2v) is 7.68. The zero-order valence-electron chi connectivity index (χ0n) is 16.6. The minimum atomic E-state index is -0.523. The molecule has 0 saturated carbocycles. The fraction of sp³-hybridized carbons (Fsp3) is 0.364. The van der Waals surface area contributed by atoms with Crippen molar-refractivity contribution in [2.45, 2.75) is 32.9 Å². The number of hydrogen-bond acceptors (Lipinski definition) is 5. The lowest BCUT2D eigenvalue weighted by Gasteiger charge is -2.40. The van der Waals surface area contributed by atoms with Gasteiger partial charge in [-0.3, -0.25) is 19.5 Å². The number of hydrogen-bond donors (Lipinski definition) is 0. The lowest BCUT2D eigenvalue weighted by atomic mass is 10.1. The Bertz CT molecular complexity index is 859. The van der Waals surface area contributed by atoms with Crippen LogP contribution < -0.4 is 4.89 Å². The summed E-state index contributed by atoms with van der Waals surface area (Å²) in [4.78, 5) is 37.8. The summed E-state index contributed by atoms with van der Waals surface area (Å²) in [5.41, 5.74) is 1.85. The van der Waals surface area contributed by atoms with Crippen LogP contribution in [0.15, 0.2) is 48.5 Å². The summed E-state index contributed by atoms with van der Waals surface area (Å²) in [5.74, 6) is 0.0786. The maximum absolute atomic E-state index is 12.7. The van der Waals surface area contributed by atoms with E-state index < -0.39 is 5.97 Å². The Hall–Kier alpha value is -2.57. The SMILES string of the molecule is CC(=O)OOc1ccc(Cl)cc1CN1CCN(C(=O)Cc2ccccc2)C(C)C1. The maximum Gasteiger partial charge on any atom is 0.352 e. The fourth-order valence-electron chi connectivity index (χ4n) is 3.52. The van der Waals surface area contributed by atoms with Gasteiger partial charge in [0.05, 0.1) is 6.42 Å². The summed E-state index contributed by atoms with van der Waals surface area (Å²) in [6, 6.07) is 15.1. The molecular formula is C22H25ClN2O4. The van der Waals surface area contributed by atoms with Crippen molar-refractivity contribution < 1.29 is 19.4 Å². The van der Waals surface area contributed by atoms with Gasteiger partial charge < -0.3 is 4.90 Å². The summed E-state index contributed by atoms with van der Waals surface area (Å²) < 4.78 is 0. The van der Waals surface area contributed by atoms with Gasteiger partial charge in [-0.2, -0.15) is 0 Å². The van der Waals surface area contributed by atoms with Crippen LogP contribution >= 0.6 is 11.6 Å². The van der Waals surface area contributed by atoms with Crippen LogP contribution in [0.4, 0.5) is 0 Å². The Balaban J connectivity index is 1.60. The predicted molar refractivity (Wildman–Crippen MR) is 110 cm³/mol. The number of halogens is 1. The number of piperazine rings is 1. The molecule has 29 heavy (non-hydrogen) atoms. The van der Waals surface area contributed by atoms with Crippen LogP contribution in [-0.4, -0.2) is 47.4 Å². The summed E-state index contributed by atoms with van der Waals surface area (Å²) >= 11 is 6.13. The molecule has 3 rings (SSSR count). The van der Waals surface area contributed by atoms with Gasteiger partial charge in [-0.15, -0.1) is 0 Å². The summed E-state index contributed by atoms with van der Waals surface area (Å²) in [6.45, 7) is 6.06. The van der Waals surface area contributed by atoms with Crippen LogP contribution in [0.25, 0.3) is 0 Å². The van der Waals surface area contributed by atoms with Gasteiger partial charge in [0.25, 0.3) is 0 Å². The van der Waals surface area contributed by atoms with Crippen LogP contribution in [0.1, 0.15) is 25.0 Å². The molecule has 6 nitrogen and oxygen atoms in total. The third-order valence-corrected chi connectivity index (χ3v) is 5.13. The van der Waals surface area contributed by atoms with E-state index in [9.17, 15) is 9.59 Å². The average molecular weight is 417 g/mol. The molecule has 7 heteroatoms. The van der Waals surface area contributed by atoms with Crippen LogP contribution in [0.3, 0.4) is 0 Å².